The molecule has 1 saturated heterocycles. The molecule has 2 atom stereocenters. The van der Waals surface area contributed by atoms with Crippen LogP contribution >= 0.6 is 11.8 Å². The average molecular weight is 431 g/mol. The molecule has 2 heterocycles. The van der Waals surface area contributed by atoms with E-state index in [1.54, 1.807) is 36.1 Å². The first kappa shape index (κ1) is 22.1. The molecule has 0 spiro atoms. The van der Waals surface area contributed by atoms with Gasteiger partial charge in [-0.05, 0) is 37.0 Å². The van der Waals surface area contributed by atoms with Gasteiger partial charge >= 0.3 is 11.9 Å². The molecular formula is C22H26N2O5S. The van der Waals surface area contributed by atoms with E-state index >= 15 is 0 Å². The van der Waals surface area contributed by atoms with Crippen LogP contribution in [0.3, 0.4) is 0 Å². The first-order chi connectivity index (χ1) is 14.3. The first-order valence-corrected chi connectivity index (χ1v) is 10.8. The Morgan fingerprint density at radius 2 is 1.87 bits per heavy atom. The maximum Gasteiger partial charge on any atom is 0.338 e. The molecule has 160 valence electrons. The average Bonchev–Trinajstić information content (AvgIpc) is 3.05. The van der Waals surface area contributed by atoms with Crippen LogP contribution in [-0.4, -0.2) is 46.9 Å². The highest BCUT2D eigenvalue weighted by Gasteiger charge is 2.47. The molecule has 0 aromatic heterocycles. The van der Waals surface area contributed by atoms with Crippen molar-refractivity contribution in [3.63, 3.8) is 0 Å². The summed E-state index contributed by atoms with van der Waals surface area (Å²) in [7, 11) is 1.32. The summed E-state index contributed by atoms with van der Waals surface area (Å²) < 4.78 is 10.3. The number of carbonyl (C=O) groups excluding carboxylic acids is 3. The quantitative estimate of drug-likeness (QED) is 0.640. The number of thioether (sulfide) groups is 1. The van der Waals surface area contributed by atoms with Crippen LogP contribution in [0.1, 0.15) is 56.1 Å². The maximum atomic E-state index is 13.1. The number of methoxy groups -OCH3 is 1. The molecule has 0 aliphatic carbocycles. The van der Waals surface area contributed by atoms with Crippen molar-refractivity contribution in [2.75, 3.05) is 13.7 Å². The predicted molar refractivity (Wildman–Crippen MR) is 115 cm³/mol. The van der Waals surface area contributed by atoms with Crippen molar-refractivity contribution in [1.82, 2.24) is 4.90 Å². The Bertz CT molecular complexity index is 920. The minimum atomic E-state index is -0.652. The summed E-state index contributed by atoms with van der Waals surface area (Å²) in [4.78, 5) is 44.0. The van der Waals surface area contributed by atoms with E-state index in [9.17, 15) is 14.4 Å². The number of hydrogen-bond donors (Lipinski definition) is 0. The molecule has 0 bridgehead atoms. The fourth-order valence-corrected chi connectivity index (χ4v) is 4.54. The lowest BCUT2D eigenvalue weighted by atomic mass is 9.93. The minimum absolute atomic E-state index is 0.0787. The molecule has 8 heteroatoms. The summed E-state index contributed by atoms with van der Waals surface area (Å²) in [5.74, 6) is -0.827. The molecule has 3 rings (SSSR count). The van der Waals surface area contributed by atoms with Crippen LogP contribution in [-0.2, 0) is 19.1 Å². The van der Waals surface area contributed by atoms with Gasteiger partial charge in [-0.3, -0.25) is 9.69 Å². The van der Waals surface area contributed by atoms with Gasteiger partial charge in [0.25, 0.3) is 0 Å². The SMILES string of the molecule is CCC1SC2=NC(C)=C(C(=O)OCC(C)C)C(c3ccc(C(=O)OC)cc3)N2C1=O. The summed E-state index contributed by atoms with van der Waals surface area (Å²) in [5, 5.41) is 0.353. The van der Waals surface area contributed by atoms with Gasteiger partial charge in [0, 0.05) is 0 Å². The number of ether oxygens (including phenoxy) is 2. The minimum Gasteiger partial charge on any atom is -0.465 e. The number of allylic oxidation sites excluding steroid dienone is 1. The van der Waals surface area contributed by atoms with Crippen LogP contribution in [0.25, 0.3) is 0 Å². The van der Waals surface area contributed by atoms with Gasteiger partial charge in [0.2, 0.25) is 5.91 Å². The lowest BCUT2D eigenvalue weighted by Crippen LogP contribution is -2.41. The standard InChI is InChI=1S/C22H26N2O5S/c1-6-16-19(25)24-18(14-7-9-15(10-8-14)20(26)28-5)17(13(4)23-22(24)30-16)21(27)29-11-12(2)3/h7-10,12,16,18H,6,11H2,1-5H3. The number of amidine groups is 1. The second kappa shape index (κ2) is 9.04. The van der Waals surface area contributed by atoms with Gasteiger partial charge in [0.15, 0.2) is 5.17 Å². The largest absolute Gasteiger partial charge is 0.465 e. The zero-order valence-electron chi connectivity index (χ0n) is 17.8. The Morgan fingerprint density at radius 1 is 1.20 bits per heavy atom. The number of rotatable bonds is 6. The zero-order chi connectivity index (χ0) is 22.0. The summed E-state index contributed by atoms with van der Waals surface area (Å²) in [6.45, 7) is 7.91. The van der Waals surface area contributed by atoms with Gasteiger partial charge in [0.05, 0.1) is 41.8 Å². The van der Waals surface area contributed by atoms with E-state index in [-0.39, 0.29) is 23.7 Å². The van der Waals surface area contributed by atoms with Gasteiger partial charge in [-0.2, -0.15) is 0 Å². The fourth-order valence-electron chi connectivity index (χ4n) is 3.40. The number of carbonyl (C=O) groups is 3. The van der Waals surface area contributed by atoms with Gasteiger partial charge in [-0.25, -0.2) is 14.6 Å². The second-order valence-corrected chi connectivity index (χ2v) is 8.79. The normalized spacial score (nSPS) is 20.9. The Labute approximate surface area is 180 Å². The predicted octanol–water partition coefficient (Wildman–Crippen LogP) is 3.71. The van der Waals surface area contributed by atoms with Gasteiger partial charge in [-0.15, -0.1) is 0 Å². The Hall–Kier alpha value is -2.61. The summed E-state index contributed by atoms with van der Waals surface area (Å²) in [6.07, 6.45) is 0.666. The highest BCUT2D eigenvalue weighted by molar-refractivity contribution is 8.15. The monoisotopic (exact) mass is 430 g/mol. The third-order valence-electron chi connectivity index (χ3n) is 4.94. The third-order valence-corrected chi connectivity index (χ3v) is 6.26. The lowest BCUT2D eigenvalue weighted by molar-refractivity contribution is -0.141. The third kappa shape index (κ3) is 4.14. The van der Waals surface area contributed by atoms with E-state index in [0.29, 0.717) is 34.0 Å². The van der Waals surface area contributed by atoms with E-state index in [2.05, 4.69) is 4.99 Å². The van der Waals surface area contributed by atoms with Crippen LogP contribution in [0, 0.1) is 5.92 Å². The van der Waals surface area contributed by atoms with Gasteiger partial charge in [-0.1, -0.05) is 44.7 Å². The molecule has 2 aliphatic heterocycles. The first-order valence-electron chi connectivity index (χ1n) is 9.93. The van der Waals surface area contributed by atoms with Crippen molar-refractivity contribution >= 4 is 34.8 Å². The molecule has 2 unspecified atom stereocenters. The molecule has 1 amide bonds. The molecule has 1 aromatic carbocycles. The number of hydrogen-bond acceptors (Lipinski definition) is 7. The molecule has 0 N–H and O–H groups in total. The number of nitrogens with zero attached hydrogens (tertiary/aromatic N) is 2. The van der Waals surface area contributed by atoms with E-state index in [1.807, 2.05) is 20.8 Å². The van der Waals surface area contributed by atoms with Crippen LogP contribution in [0.2, 0.25) is 0 Å². The molecule has 1 fully saturated rings. The number of amides is 1. The number of benzene rings is 1. The topological polar surface area (TPSA) is 85.3 Å². The summed E-state index contributed by atoms with van der Waals surface area (Å²) in [6, 6.07) is 6.08. The molecule has 2 aliphatic rings. The zero-order valence-corrected chi connectivity index (χ0v) is 18.6. The van der Waals surface area contributed by atoms with Crippen molar-refractivity contribution in [2.24, 2.45) is 10.9 Å². The highest BCUT2D eigenvalue weighted by atomic mass is 32.2. The molecular weight excluding hydrogens is 404 g/mol. The van der Waals surface area contributed by atoms with Crippen LogP contribution in [0.15, 0.2) is 40.5 Å². The van der Waals surface area contributed by atoms with Crippen molar-refractivity contribution in [3.8, 4) is 0 Å². The van der Waals surface area contributed by atoms with E-state index < -0.39 is 18.0 Å². The highest BCUT2D eigenvalue weighted by Crippen LogP contribution is 2.44. The number of aliphatic imine (C=N–C) groups is 1. The van der Waals surface area contributed by atoms with Crippen LogP contribution in [0.5, 0.6) is 0 Å². The maximum absolute atomic E-state index is 13.1. The summed E-state index contributed by atoms with van der Waals surface area (Å²) >= 11 is 1.41. The Morgan fingerprint density at radius 3 is 2.43 bits per heavy atom. The molecule has 1 aromatic rings. The van der Waals surface area contributed by atoms with Crippen molar-refractivity contribution in [3.05, 3.63) is 46.7 Å². The van der Waals surface area contributed by atoms with E-state index in [4.69, 9.17) is 9.47 Å². The number of esters is 2. The fraction of sp³-hybridized carbons (Fsp3) is 0.455. The Balaban J connectivity index is 2.05. The number of fused-ring (bicyclic) bond motifs is 1. The van der Waals surface area contributed by atoms with Crippen molar-refractivity contribution in [2.45, 2.75) is 45.4 Å². The smallest absolute Gasteiger partial charge is 0.338 e. The van der Waals surface area contributed by atoms with Gasteiger partial charge in [0.1, 0.15) is 0 Å². The van der Waals surface area contributed by atoms with Crippen molar-refractivity contribution in [1.29, 1.82) is 0 Å². The van der Waals surface area contributed by atoms with Crippen molar-refractivity contribution < 1.29 is 23.9 Å². The van der Waals surface area contributed by atoms with Gasteiger partial charge < -0.3 is 9.47 Å². The van der Waals surface area contributed by atoms with E-state index in [1.165, 1.54) is 18.9 Å². The second-order valence-electron chi connectivity index (χ2n) is 7.62. The molecule has 30 heavy (non-hydrogen) atoms. The Kier molecular flexibility index (Phi) is 6.65. The lowest BCUT2D eigenvalue weighted by Gasteiger charge is -2.33. The van der Waals surface area contributed by atoms with Crippen LogP contribution in [0.4, 0.5) is 0 Å². The molecule has 0 saturated carbocycles. The molecule has 7 nitrogen and oxygen atoms in total. The van der Waals surface area contributed by atoms with E-state index in [0.717, 1.165) is 0 Å². The summed E-state index contributed by atoms with van der Waals surface area (Å²) in [5.41, 5.74) is 1.98. The molecule has 0 radical (unpaired) electrons. The van der Waals surface area contributed by atoms with Crippen LogP contribution < -0.4 is 0 Å².